The molecule has 1 atom stereocenters. The molecule has 1 aromatic heterocycles. The molecule has 37 heavy (non-hydrogen) atoms. The summed E-state index contributed by atoms with van der Waals surface area (Å²) in [7, 11) is 2.75. The fraction of sp³-hybridized carbons (Fsp3) is 0.172. The monoisotopic (exact) mass is 498 g/mol. The highest BCUT2D eigenvalue weighted by atomic mass is 16.5. The number of carbonyl (C=O) groups excluding carboxylic acids is 3. The predicted molar refractivity (Wildman–Crippen MR) is 141 cm³/mol. The second-order valence-electron chi connectivity index (χ2n) is 8.33. The van der Waals surface area contributed by atoms with Gasteiger partial charge in [0.1, 0.15) is 5.69 Å². The summed E-state index contributed by atoms with van der Waals surface area (Å²) < 4.78 is 11.7. The third kappa shape index (κ3) is 4.99. The number of methoxy groups -OCH3 is 1. The average Bonchev–Trinajstić information content (AvgIpc) is 2.93. The van der Waals surface area contributed by atoms with Gasteiger partial charge in [0.25, 0.3) is 11.5 Å². The molecule has 8 heteroatoms. The zero-order chi connectivity index (χ0) is 26.5. The molecule has 188 valence electrons. The summed E-state index contributed by atoms with van der Waals surface area (Å²) >= 11 is 0. The molecule has 0 radical (unpaired) electrons. The summed E-state index contributed by atoms with van der Waals surface area (Å²) in [6.07, 6.45) is -1.01. The quantitative estimate of drug-likeness (QED) is 0.375. The number of carbonyl (C=O) groups is 3. The molecule has 0 bridgehead atoms. The molecular weight excluding hydrogens is 472 g/mol. The largest absolute Gasteiger partial charge is 0.465 e. The van der Waals surface area contributed by atoms with Crippen molar-refractivity contribution in [2.75, 3.05) is 12.4 Å². The zero-order valence-electron chi connectivity index (χ0n) is 20.7. The van der Waals surface area contributed by atoms with Crippen LogP contribution in [0.5, 0.6) is 0 Å². The van der Waals surface area contributed by atoms with Gasteiger partial charge in [-0.25, -0.2) is 9.59 Å². The van der Waals surface area contributed by atoms with Gasteiger partial charge in [-0.3, -0.25) is 9.59 Å². The summed E-state index contributed by atoms with van der Waals surface area (Å²) in [6.45, 7) is 1.70. The maximum absolute atomic E-state index is 13.6. The van der Waals surface area contributed by atoms with E-state index in [-0.39, 0.29) is 28.9 Å². The minimum Gasteiger partial charge on any atom is -0.465 e. The Kier molecular flexibility index (Phi) is 7.48. The molecule has 0 spiro atoms. The number of aromatic nitrogens is 1. The van der Waals surface area contributed by atoms with Gasteiger partial charge >= 0.3 is 11.9 Å². The normalized spacial score (nSPS) is 11.5. The number of ether oxygens (including phenoxy) is 2. The van der Waals surface area contributed by atoms with Crippen molar-refractivity contribution in [3.8, 4) is 11.1 Å². The van der Waals surface area contributed by atoms with E-state index in [0.29, 0.717) is 16.3 Å². The van der Waals surface area contributed by atoms with Gasteiger partial charge in [-0.15, -0.1) is 0 Å². The number of hydrogen-bond acceptors (Lipinski definition) is 6. The Morgan fingerprint density at radius 1 is 0.865 bits per heavy atom. The third-order valence-electron chi connectivity index (χ3n) is 6.06. The number of nitrogens with one attached hydrogen (secondary N) is 1. The molecule has 0 saturated heterocycles. The number of pyridine rings is 1. The first-order valence-corrected chi connectivity index (χ1v) is 11.7. The number of hydrogen-bond donors (Lipinski definition) is 1. The minimum absolute atomic E-state index is 0.0381. The van der Waals surface area contributed by atoms with Gasteiger partial charge in [0.2, 0.25) is 0 Å². The van der Waals surface area contributed by atoms with E-state index in [4.69, 9.17) is 9.47 Å². The van der Waals surface area contributed by atoms with E-state index >= 15 is 0 Å². The molecule has 1 amide bonds. The van der Waals surface area contributed by atoms with Gasteiger partial charge in [0.05, 0.1) is 18.4 Å². The highest BCUT2D eigenvalue weighted by Crippen LogP contribution is 2.31. The van der Waals surface area contributed by atoms with Crippen LogP contribution in [0.1, 0.15) is 34.2 Å². The summed E-state index contributed by atoms with van der Waals surface area (Å²) in [5, 5.41) is 3.72. The van der Waals surface area contributed by atoms with Crippen LogP contribution in [-0.2, 0) is 21.3 Å². The summed E-state index contributed by atoms with van der Waals surface area (Å²) in [5.41, 5.74) is 1.35. The molecule has 4 rings (SSSR count). The number of anilines is 1. The van der Waals surface area contributed by atoms with Crippen molar-refractivity contribution in [2.24, 2.45) is 7.05 Å². The topological polar surface area (TPSA) is 104 Å². The van der Waals surface area contributed by atoms with Gasteiger partial charge in [0, 0.05) is 18.0 Å². The van der Waals surface area contributed by atoms with Gasteiger partial charge in [-0.1, -0.05) is 67.6 Å². The lowest BCUT2D eigenvalue weighted by atomic mass is 9.97. The molecule has 1 N–H and O–H groups in total. The van der Waals surface area contributed by atoms with E-state index in [2.05, 4.69) is 5.32 Å². The number of esters is 2. The number of benzene rings is 3. The Bertz CT molecular complexity index is 1540. The number of nitrogens with zero attached hydrogens (tertiary/aromatic N) is 1. The number of fused-ring (bicyclic) bond motifs is 1. The molecule has 1 unspecified atom stereocenters. The van der Waals surface area contributed by atoms with E-state index < -0.39 is 23.9 Å². The second kappa shape index (κ2) is 10.9. The first-order chi connectivity index (χ1) is 17.9. The fourth-order valence-electron chi connectivity index (χ4n) is 4.20. The average molecular weight is 499 g/mol. The van der Waals surface area contributed by atoms with Crippen molar-refractivity contribution in [2.45, 2.75) is 19.4 Å². The Balaban J connectivity index is 1.73. The second-order valence-corrected chi connectivity index (χ2v) is 8.33. The van der Waals surface area contributed by atoms with Crippen LogP contribution in [0.3, 0.4) is 0 Å². The van der Waals surface area contributed by atoms with Crippen LogP contribution in [0.25, 0.3) is 21.9 Å². The smallest absolute Gasteiger partial charge is 0.356 e. The maximum Gasteiger partial charge on any atom is 0.356 e. The summed E-state index contributed by atoms with van der Waals surface area (Å²) in [6, 6.07) is 22.6. The molecule has 0 fully saturated rings. The van der Waals surface area contributed by atoms with E-state index in [1.54, 1.807) is 49.4 Å². The number of amides is 1. The maximum atomic E-state index is 13.6. The molecule has 0 aliphatic carbocycles. The Morgan fingerprint density at radius 2 is 1.49 bits per heavy atom. The van der Waals surface area contributed by atoms with Crippen LogP contribution in [0.4, 0.5) is 5.69 Å². The molecule has 0 aliphatic rings. The first-order valence-electron chi connectivity index (χ1n) is 11.7. The van der Waals surface area contributed by atoms with Crippen LogP contribution in [0.2, 0.25) is 0 Å². The summed E-state index contributed by atoms with van der Waals surface area (Å²) in [5.74, 6) is -2.04. The van der Waals surface area contributed by atoms with Crippen molar-refractivity contribution in [3.05, 3.63) is 100 Å². The highest BCUT2D eigenvalue weighted by Gasteiger charge is 2.28. The number of para-hydroxylation sites is 1. The van der Waals surface area contributed by atoms with Gasteiger partial charge < -0.3 is 19.4 Å². The highest BCUT2D eigenvalue weighted by molar-refractivity contribution is 6.08. The molecule has 0 aliphatic heterocycles. The lowest BCUT2D eigenvalue weighted by Crippen LogP contribution is -2.34. The molecule has 1 heterocycles. The molecular formula is C29H26N2O6. The van der Waals surface area contributed by atoms with Crippen molar-refractivity contribution in [1.82, 2.24) is 4.57 Å². The van der Waals surface area contributed by atoms with E-state index in [9.17, 15) is 19.2 Å². The third-order valence-corrected chi connectivity index (χ3v) is 6.06. The lowest BCUT2D eigenvalue weighted by Gasteiger charge is -2.20. The van der Waals surface area contributed by atoms with Crippen LogP contribution in [0, 0.1) is 0 Å². The predicted octanol–water partition coefficient (Wildman–Crippen LogP) is 4.57. The van der Waals surface area contributed by atoms with Crippen molar-refractivity contribution in [3.63, 3.8) is 0 Å². The zero-order valence-corrected chi connectivity index (χ0v) is 20.7. The standard InChI is InChI=1S/C29H26N2O6/c1-4-23(26(32)30-22-17-11-10-16-21(22)28(34)36-3)37-29(35)25-24(18-12-6-5-7-13-18)19-14-8-9-15-20(19)27(33)31(25)2/h5-17,23H,4H2,1-3H3,(H,30,32). The molecule has 3 aromatic carbocycles. The minimum atomic E-state index is -1.18. The van der Waals surface area contributed by atoms with Gasteiger partial charge in [0.15, 0.2) is 6.10 Å². The van der Waals surface area contributed by atoms with Crippen molar-refractivity contribution < 1.29 is 23.9 Å². The lowest BCUT2D eigenvalue weighted by molar-refractivity contribution is -0.124. The Labute approximate surface area is 213 Å². The van der Waals surface area contributed by atoms with Crippen LogP contribution in [0.15, 0.2) is 83.7 Å². The molecule has 8 nitrogen and oxygen atoms in total. The van der Waals surface area contributed by atoms with Crippen LogP contribution in [-0.4, -0.2) is 35.6 Å². The van der Waals surface area contributed by atoms with E-state index in [0.717, 1.165) is 5.56 Å². The fourth-order valence-corrected chi connectivity index (χ4v) is 4.20. The van der Waals surface area contributed by atoms with Crippen LogP contribution < -0.4 is 10.9 Å². The van der Waals surface area contributed by atoms with E-state index in [1.165, 1.54) is 24.8 Å². The van der Waals surface area contributed by atoms with Crippen molar-refractivity contribution in [1.29, 1.82) is 0 Å². The first kappa shape index (κ1) is 25.4. The van der Waals surface area contributed by atoms with Crippen LogP contribution >= 0.6 is 0 Å². The molecule has 4 aromatic rings. The van der Waals surface area contributed by atoms with E-state index in [1.807, 2.05) is 30.3 Å². The van der Waals surface area contributed by atoms with Crippen molar-refractivity contribution >= 4 is 34.3 Å². The SMILES string of the molecule is CCC(OC(=O)c1c(-c2ccccc2)c2ccccc2c(=O)n1C)C(=O)Nc1ccccc1C(=O)OC. The van der Waals surface area contributed by atoms with Gasteiger partial charge in [-0.05, 0) is 35.6 Å². The molecule has 0 saturated carbocycles. The summed E-state index contributed by atoms with van der Waals surface area (Å²) in [4.78, 5) is 51.9. The Morgan fingerprint density at radius 3 is 2.16 bits per heavy atom. The number of rotatable bonds is 7. The Hall–Kier alpha value is -4.72. The van der Waals surface area contributed by atoms with Gasteiger partial charge in [-0.2, -0.15) is 0 Å².